The van der Waals surface area contributed by atoms with Crippen molar-refractivity contribution in [2.45, 2.75) is 26.7 Å². The van der Waals surface area contributed by atoms with Crippen molar-refractivity contribution in [2.75, 3.05) is 11.1 Å². The Morgan fingerprint density at radius 3 is 2.80 bits per heavy atom. The molecule has 0 spiro atoms. The number of halogens is 2. The minimum atomic E-state index is -0.511. The van der Waals surface area contributed by atoms with Gasteiger partial charge >= 0.3 is 0 Å². The lowest BCUT2D eigenvalue weighted by Crippen LogP contribution is -2.07. The van der Waals surface area contributed by atoms with Crippen LogP contribution in [0.3, 0.4) is 0 Å². The molecule has 1 heterocycles. The molecule has 0 amide bonds. The van der Waals surface area contributed by atoms with Gasteiger partial charge in [-0.2, -0.15) is 0 Å². The van der Waals surface area contributed by atoms with Crippen molar-refractivity contribution in [1.29, 1.82) is 0 Å². The molecule has 1 aromatic carbocycles. The number of rotatable bonds is 4. The molecule has 0 aliphatic carbocycles. The molecule has 2 aromatic rings. The first-order valence-corrected chi connectivity index (χ1v) is 6.74. The second-order valence-corrected chi connectivity index (χ2v) is 4.88. The van der Waals surface area contributed by atoms with Crippen LogP contribution in [0.2, 0.25) is 5.02 Å². The van der Waals surface area contributed by atoms with Crippen molar-refractivity contribution < 1.29 is 4.39 Å². The van der Waals surface area contributed by atoms with E-state index in [4.69, 9.17) is 17.3 Å². The molecule has 0 unspecified atom stereocenters. The predicted octanol–water partition coefficient (Wildman–Crippen LogP) is 3.86. The first-order chi connectivity index (χ1) is 9.52. The summed E-state index contributed by atoms with van der Waals surface area (Å²) < 4.78 is 13.9. The third-order valence-electron chi connectivity index (χ3n) is 2.91. The third kappa shape index (κ3) is 2.99. The summed E-state index contributed by atoms with van der Waals surface area (Å²) in [6, 6.07) is 4.75. The molecule has 20 heavy (non-hydrogen) atoms. The van der Waals surface area contributed by atoms with Gasteiger partial charge in [-0.1, -0.05) is 24.6 Å². The highest BCUT2D eigenvalue weighted by molar-refractivity contribution is 6.31. The van der Waals surface area contributed by atoms with Crippen LogP contribution in [-0.2, 0) is 6.42 Å². The maximum absolute atomic E-state index is 13.9. The number of hydrogen-bond donors (Lipinski definition) is 2. The smallest absolute Gasteiger partial charge is 0.165 e. The highest BCUT2D eigenvalue weighted by atomic mass is 35.5. The first-order valence-electron chi connectivity index (χ1n) is 6.37. The molecule has 106 valence electrons. The molecule has 0 aliphatic heterocycles. The van der Waals surface area contributed by atoms with E-state index in [1.807, 2.05) is 6.92 Å². The van der Waals surface area contributed by atoms with E-state index in [-0.39, 0.29) is 10.7 Å². The van der Waals surface area contributed by atoms with Crippen molar-refractivity contribution >= 4 is 28.9 Å². The average Bonchev–Trinajstić information content (AvgIpc) is 2.41. The number of benzene rings is 1. The first kappa shape index (κ1) is 14.5. The Labute approximate surface area is 122 Å². The summed E-state index contributed by atoms with van der Waals surface area (Å²) in [4.78, 5) is 8.59. The van der Waals surface area contributed by atoms with E-state index < -0.39 is 5.82 Å². The molecule has 0 aliphatic rings. The highest BCUT2D eigenvalue weighted by Crippen LogP contribution is 2.27. The van der Waals surface area contributed by atoms with Gasteiger partial charge in [0.2, 0.25) is 0 Å². The van der Waals surface area contributed by atoms with Gasteiger partial charge in [0, 0.05) is 12.0 Å². The SMILES string of the molecule is CCCc1nc(N)c(C)c(Nc2cccc(Cl)c2F)n1. The fourth-order valence-corrected chi connectivity index (χ4v) is 1.94. The Kier molecular flexibility index (Phi) is 4.39. The number of anilines is 3. The van der Waals surface area contributed by atoms with E-state index in [9.17, 15) is 4.39 Å². The monoisotopic (exact) mass is 294 g/mol. The number of aromatic nitrogens is 2. The average molecular weight is 295 g/mol. The van der Waals surface area contributed by atoms with Gasteiger partial charge in [-0.25, -0.2) is 14.4 Å². The van der Waals surface area contributed by atoms with Gasteiger partial charge in [0.05, 0.1) is 10.7 Å². The summed E-state index contributed by atoms with van der Waals surface area (Å²) in [6.07, 6.45) is 1.63. The predicted molar refractivity (Wildman–Crippen MR) is 79.9 cm³/mol. The molecular formula is C14H16ClFN4. The number of aryl methyl sites for hydroxylation is 1. The van der Waals surface area contributed by atoms with Crippen LogP contribution in [0.1, 0.15) is 24.7 Å². The Bertz CT molecular complexity index is 631. The van der Waals surface area contributed by atoms with Gasteiger partial charge in [0.1, 0.15) is 17.5 Å². The molecule has 0 saturated carbocycles. The van der Waals surface area contributed by atoms with Crippen molar-refractivity contribution in [2.24, 2.45) is 0 Å². The molecule has 3 N–H and O–H groups in total. The molecule has 0 atom stereocenters. The molecule has 1 aromatic heterocycles. The van der Waals surface area contributed by atoms with Crippen molar-refractivity contribution in [3.63, 3.8) is 0 Å². The Balaban J connectivity index is 2.39. The summed E-state index contributed by atoms with van der Waals surface area (Å²) in [5.41, 5.74) is 6.81. The van der Waals surface area contributed by atoms with Crippen molar-refractivity contribution in [3.8, 4) is 0 Å². The quantitative estimate of drug-likeness (QED) is 0.899. The summed E-state index contributed by atoms with van der Waals surface area (Å²) in [6.45, 7) is 3.82. The lowest BCUT2D eigenvalue weighted by molar-refractivity contribution is 0.632. The second kappa shape index (κ2) is 6.05. The van der Waals surface area contributed by atoms with Crippen molar-refractivity contribution in [3.05, 3.63) is 40.4 Å². The van der Waals surface area contributed by atoms with E-state index in [0.717, 1.165) is 12.8 Å². The van der Waals surface area contributed by atoms with Crippen LogP contribution >= 0.6 is 11.6 Å². The van der Waals surface area contributed by atoms with Gasteiger partial charge in [-0.15, -0.1) is 0 Å². The maximum Gasteiger partial charge on any atom is 0.165 e. The molecule has 0 saturated heterocycles. The zero-order valence-electron chi connectivity index (χ0n) is 11.4. The van der Waals surface area contributed by atoms with Gasteiger partial charge in [0.25, 0.3) is 0 Å². The molecule has 4 nitrogen and oxygen atoms in total. The van der Waals surface area contributed by atoms with Crippen LogP contribution in [0.5, 0.6) is 0 Å². The fraction of sp³-hybridized carbons (Fsp3) is 0.286. The topological polar surface area (TPSA) is 63.8 Å². The van der Waals surface area contributed by atoms with E-state index in [2.05, 4.69) is 15.3 Å². The lowest BCUT2D eigenvalue weighted by atomic mass is 10.2. The lowest BCUT2D eigenvalue weighted by Gasteiger charge is -2.12. The van der Waals surface area contributed by atoms with Crippen LogP contribution in [0.25, 0.3) is 0 Å². The largest absolute Gasteiger partial charge is 0.383 e. The van der Waals surface area contributed by atoms with Crippen LogP contribution in [0.4, 0.5) is 21.7 Å². The maximum atomic E-state index is 13.9. The van der Waals surface area contributed by atoms with E-state index in [0.29, 0.717) is 23.0 Å². The number of nitrogens with zero attached hydrogens (tertiary/aromatic N) is 2. The standard InChI is InChI=1S/C14H16ClFN4/c1-3-5-11-19-13(17)8(2)14(20-11)18-10-7-4-6-9(15)12(10)16/h4,6-7H,3,5H2,1-2H3,(H3,17,18,19,20). The Hall–Kier alpha value is -1.88. The van der Waals surface area contributed by atoms with Crippen LogP contribution in [0, 0.1) is 12.7 Å². The molecule has 2 rings (SSSR count). The molecular weight excluding hydrogens is 279 g/mol. The molecule has 0 fully saturated rings. The Morgan fingerprint density at radius 1 is 1.35 bits per heavy atom. The number of nitrogens with one attached hydrogen (secondary N) is 1. The van der Waals surface area contributed by atoms with E-state index in [1.54, 1.807) is 19.1 Å². The summed E-state index contributed by atoms with van der Waals surface area (Å²) in [5.74, 6) is 1.03. The van der Waals surface area contributed by atoms with Crippen LogP contribution in [0.15, 0.2) is 18.2 Å². The summed E-state index contributed by atoms with van der Waals surface area (Å²) >= 11 is 5.76. The fourth-order valence-electron chi connectivity index (χ4n) is 1.77. The normalized spacial score (nSPS) is 10.6. The summed E-state index contributed by atoms with van der Waals surface area (Å²) in [5, 5.41) is 2.99. The minimum Gasteiger partial charge on any atom is -0.383 e. The van der Waals surface area contributed by atoms with Gasteiger partial charge in [-0.05, 0) is 25.5 Å². The number of hydrogen-bond acceptors (Lipinski definition) is 4. The number of nitrogens with two attached hydrogens (primary N) is 1. The second-order valence-electron chi connectivity index (χ2n) is 4.48. The van der Waals surface area contributed by atoms with Crippen LogP contribution < -0.4 is 11.1 Å². The number of nitrogen functional groups attached to an aromatic ring is 1. The van der Waals surface area contributed by atoms with E-state index >= 15 is 0 Å². The van der Waals surface area contributed by atoms with Gasteiger partial charge < -0.3 is 11.1 Å². The molecule has 0 radical (unpaired) electrons. The molecule has 0 bridgehead atoms. The van der Waals surface area contributed by atoms with Gasteiger partial charge in [0.15, 0.2) is 5.82 Å². The zero-order chi connectivity index (χ0) is 14.7. The minimum absolute atomic E-state index is 0.0588. The molecule has 6 heteroatoms. The highest BCUT2D eigenvalue weighted by Gasteiger charge is 2.12. The van der Waals surface area contributed by atoms with E-state index in [1.165, 1.54) is 6.07 Å². The van der Waals surface area contributed by atoms with Crippen LogP contribution in [-0.4, -0.2) is 9.97 Å². The van der Waals surface area contributed by atoms with Crippen molar-refractivity contribution in [1.82, 2.24) is 9.97 Å². The summed E-state index contributed by atoms with van der Waals surface area (Å²) in [7, 11) is 0. The third-order valence-corrected chi connectivity index (χ3v) is 3.20. The zero-order valence-corrected chi connectivity index (χ0v) is 12.1. The Morgan fingerprint density at radius 2 is 2.10 bits per heavy atom. The van der Waals surface area contributed by atoms with Gasteiger partial charge in [-0.3, -0.25) is 0 Å².